The van der Waals surface area contributed by atoms with Gasteiger partial charge in [0.05, 0.1) is 16.5 Å². The Bertz CT molecular complexity index is 3880. The molecule has 77 heavy (non-hydrogen) atoms. The van der Waals surface area contributed by atoms with Crippen molar-refractivity contribution in [3.05, 3.63) is 348 Å². The molecule has 2 nitrogen and oxygen atoms in total. The van der Waals surface area contributed by atoms with Crippen LogP contribution >= 0.6 is 0 Å². The molecule has 0 bridgehead atoms. The lowest BCUT2D eigenvalue weighted by Gasteiger charge is -2.48. The zero-order valence-corrected chi connectivity index (χ0v) is 43.2. The van der Waals surface area contributed by atoms with Crippen molar-refractivity contribution in [1.82, 2.24) is 0 Å². The molecule has 1 spiro atoms. The van der Waals surface area contributed by atoms with E-state index in [9.17, 15) is 0 Å². The molecule has 368 valence electrons. The highest BCUT2D eigenvalue weighted by Gasteiger charge is 2.56. The molecule has 3 aliphatic carbocycles. The fourth-order valence-electron chi connectivity index (χ4n) is 12.4. The molecule has 0 fully saturated rings. The molecule has 0 saturated heterocycles. The monoisotopic (exact) mass is 986 g/mol. The highest BCUT2D eigenvalue weighted by Crippen LogP contribution is 2.65. The van der Waals surface area contributed by atoms with Crippen molar-refractivity contribution in [3.8, 4) is 33.4 Å². The standard InChI is InChI=1S/C75H58N2/c1-3-4-8-23-53(2)64-52-58(45-50-71(64)76-60-29-13-7-14-30-60)57-43-48-62(49-44-57)77(61-46-41-56(42-47-61)55-25-9-5-10-26-55)72-38-21-37-70-73(72)63-31-15-16-32-65(63)75(70)68-35-19-17-33-66(68)74(51-22-24-54-39-40-54,59-27-11-6-12-28-59)67-34-18-20-36-69(67)75/h3-23,25-52,54,76H,2,24H2,1H3/b4-3-,23-8-,51-22+. The van der Waals surface area contributed by atoms with Crippen LogP contribution in [0.25, 0.3) is 39.0 Å². The maximum Gasteiger partial charge on any atom is 0.0720 e. The van der Waals surface area contributed by atoms with Crippen molar-refractivity contribution in [2.24, 2.45) is 5.92 Å². The Morgan fingerprint density at radius 2 is 1.04 bits per heavy atom. The minimum Gasteiger partial charge on any atom is -0.355 e. The summed E-state index contributed by atoms with van der Waals surface area (Å²) in [5.74, 6) is 0.531. The summed E-state index contributed by atoms with van der Waals surface area (Å²) >= 11 is 0. The number of hydrogen-bond donors (Lipinski definition) is 1. The maximum atomic E-state index is 4.53. The van der Waals surface area contributed by atoms with E-state index in [1.54, 1.807) is 0 Å². The first-order valence-corrected chi connectivity index (χ1v) is 26.9. The first-order chi connectivity index (χ1) is 38.1. The zero-order chi connectivity index (χ0) is 51.8. The Hall–Kier alpha value is -9.50. The van der Waals surface area contributed by atoms with E-state index in [1.807, 2.05) is 31.2 Å². The largest absolute Gasteiger partial charge is 0.355 e. The highest BCUT2D eigenvalue weighted by atomic mass is 15.1. The Kier molecular flexibility index (Phi) is 12.3. The van der Waals surface area contributed by atoms with E-state index in [1.165, 1.54) is 61.2 Å². The van der Waals surface area contributed by atoms with Crippen molar-refractivity contribution in [3.63, 3.8) is 0 Å². The van der Waals surface area contributed by atoms with Gasteiger partial charge in [-0.05, 0) is 146 Å². The van der Waals surface area contributed by atoms with E-state index in [0.29, 0.717) is 5.92 Å². The minimum atomic E-state index is -0.614. The molecule has 2 heteroatoms. The molecule has 1 N–H and O–H groups in total. The van der Waals surface area contributed by atoms with E-state index in [0.717, 1.165) is 57.1 Å². The molecule has 0 heterocycles. The Balaban J connectivity index is 0.993. The molecule has 0 radical (unpaired) electrons. The number of hydrogen-bond acceptors (Lipinski definition) is 2. The summed E-state index contributed by atoms with van der Waals surface area (Å²) in [6.45, 7) is 6.56. The molecule has 10 aromatic carbocycles. The summed E-state index contributed by atoms with van der Waals surface area (Å²) in [6, 6.07) is 91.9. The van der Waals surface area contributed by atoms with Crippen LogP contribution < -0.4 is 10.2 Å². The van der Waals surface area contributed by atoms with Gasteiger partial charge in [0.2, 0.25) is 0 Å². The van der Waals surface area contributed by atoms with Crippen LogP contribution in [0.4, 0.5) is 28.4 Å². The van der Waals surface area contributed by atoms with Gasteiger partial charge >= 0.3 is 0 Å². The van der Waals surface area contributed by atoms with Crippen molar-refractivity contribution in [2.75, 3.05) is 10.2 Å². The average Bonchev–Trinajstić information content (AvgIpc) is 4.26. The van der Waals surface area contributed by atoms with Crippen LogP contribution in [0, 0.1) is 5.92 Å². The predicted molar refractivity (Wildman–Crippen MR) is 325 cm³/mol. The Labute approximate surface area is 453 Å². The van der Waals surface area contributed by atoms with Crippen molar-refractivity contribution < 1.29 is 0 Å². The summed E-state index contributed by atoms with van der Waals surface area (Å²) in [6.07, 6.45) is 18.8. The molecule has 3 aliphatic rings. The molecule has 0 atom stereocenters. The van der Waals surface area contributed by atoms with Crippen molar-refractivity contribution in [1.29, 1.82) is 0 Å². The number of benzene rings is 10. The van der Waals surface area contributed by atoms with Gasteiger partial charge in [-0.1, -0.05) is 249 Å². The van der Waals surface area contributed by atoms with Gasteiger partial charge in [0, 0.05) is 33.9 Å². The first kappa shape index (κ1) is 47.2. The third-order valence-electron chi connectivity index (χ3n) is 16.0. The molecular weight excluding hydrogens is 929 g/mol. The second-order valence-corrected chi connectivity index (χ2v) is 20.4. The number of para-hydroxylation sites is 1. The lowest BCUT2D eigenvalue weighted by Crippen LogP contribution is -2.43. The lowest BCUT2D eigenvalue weighted by atomic mass is 9.53. The summed E-state index contributed by atoms with van der Waals surface area (Å²) < 4.78 is 0. The molecule has 0 unspecified atom stereocenters. The zero-order valence-electron chi connectivity index (χ0n) is 43.2. The van der Waals surface area contributed by atoms with Gasteiger partial charge in [-0.25, -0.2) is 0 Å². The van der Waals surface area contributed by atoms with Gasteiger partial charge in [0.15, 0.2) is 0 Å². The number of nitrogens with one attached hydrogen (secondary N) is 1. The molecule has 0 saturated carbocycles. The quantitative estimate of drug-likeness (QED) is 0.0863. The second-order valence-electron chi connectivity index (χ2n) is 20.4. The average molecular weight is 987 g/mol. The number of nitrogens with zero attached hydrogens (tertiary/aromatic N) is 1. The first-order valence-electron chi connectivity index (χ1n) is 26.9. The topological polar surface area (TPSA) is 15.3 Å². The van der Waals surface area contributed by atoms with Gasteiger partial charge < -0.3 is 10.2 Å². The Morgan fingerprint density at radius 3 is 1.68 bits per heavy atom. The van der Waals surface area contributed by atoms with E-state index >= 15 is 0 Å². The SMILES string of the molecule is C=C(/C=C\C=C/C)c1cc(-c2ccc(N(c3ccc(-c4ccccc4)cc3)c3cccc4c3-c3ccccc3C43c4ccccc4C(/C=C/CC4C=C4)(c4ccccc4)c4ccccc43)cc2)ccc1Nc1ccccc1. The van der Waals surface area contributed by atoms with Crippen LogP contribution in [0.2, 0.25) is 0 Å². The van der Waals surface area contributed by atoms with E-state index < -0.39 is 10.8 Å². The second kappa shape index (κ2) is 20.0. The number of rotatable bonds is 14. The van der Waals surface area contributed by atoms with Gasteiger partial charge in [0.25, 0.3) is 0 Å². The summed E-state index contributed by atoms with van der Waals surface area (Å²) in [5.41, 5.74) is 22.3. The number of anilines is 5. The fraction of sp³-hybridized carbons (Fsp3) is 0.0667. The molecule has 13 rings (SSSR count). The smallest absolute Gasteiger partial charge is 0.0720 e. The normalized spacial score (nSPS) is 16.8. The highest BCUT2D eigenvalue weighted by molar-refractivity contribution is 5.99. The van der Waals surface area contributed by atoms with Crippen LogP contribution in [-0.4, -0.2) is 0 Å². The summed E-state index contributed by atoms with van der Waals surface area (Å²) in [5, 5.41) is 3.66. The van der Waals surface area contributed by atoms with E-state index in [4.69, 9.17) is 0 Å². The third kappa shape index (κ3) is 8.22. The molecule has 0 aliphatic heterocycles. The molecule has 0 aromatic heterocycles. The van der Waals surface area contributed by atoms with Crippen LogP contribution in [0.5, 0.6) is 0 Å². The molecular formula is C75H58N2. The third-order valence-corrected chi connectivity index (χ3v) is 16.0. The van der Waals surface area contributed by atoms with Crippen molar-refractivity contribution >= 4 is 34.0 Å². The number of allylic oxidation sites excluding steroid dienone is 9. The van der Waals surface area contributed by atoms with Crippen LogP contribution in [0.3, 0.4) is 0 Å². The van der Waals surface area contributed by atoms with Crippen LogP contribution in [0.1, 0.15) is 57.9 Å². The van der Waals surface area contributed by atoms with Crippen LogP contribution in [0.15, 0.2) is 304 Å². The van der Waals surface area contributed by atoms with Gasteiger partial charge in [-0.15, -0.1) is 0 Å². The summed E-state index contributed by atoms with van der Waals surface area (Å²) in [4.78, 5) is 2.48. The predicted octanol–water partition coefficient (Wildman–Crippen LogP) is 19.5. The lowest BCUT2D eigenvalue weighted by molar-refractivity contribution is 0.635. The van der Waals surface area contributed by atoms with Gasteiger partial charge in [-0.3, -0.25) is 0 Å². The Morgan fingerprint density at radius 1 is 0.506 bits per heavy atom. The van der Waals surface area contributed by atoms with Gasteiger partial charge in [-0.2, -0.15) is 0 Å². The van der Waals surface area contributed by atoms with E-state index in [2.05, 4.69) is 290 Å². The molecule has 0 amide bonds. The maximum absolute atomic E-state index is 4.53. The van der Waals surface area contributed by atoms with Crippen molar-refractivity contribution in [2.45, 2.75) is 24.2 Å². The van der Waals surface area contributed by atoms with E-state index in [-0.39, 0.29) is 0 Å². The van der Waals surface area contributed by atoms with Gasteiger partial charge in [0.1, 0.15) is 0 Å². The molecule has 10 aromatic rings. The fourth-order valence-corrected chi connectivity index (χ4v) is 12.4. The summed E-state index contributed by atoms with van der Waals surface area (Å²) in [7, 11) is 0. The van der Waals surface area contributed by atoms with Crippen LogP contribution in [-0.2, 0) is 10.8 Å². The minimum absolute atomic E-state index is 0.520. The number of fused-ring (bicyclic) bond motifs is 9.